The van der Waals surface area contributed by atoms with E-state index in [2.05, 4.69) is 31.1 Å². The van der Waals surface area contributed by atoms with Gasteiger partial charge in [0.05, 0.1) is 6.42 Å². The minimum atomic E-state index is -0.314. The molecule has 0 aliphatic rings. The van der Waals surface area contributed by atoms with Crippen molar-refractivity contribution in [2.45, 2.75) is 13.3 Å². The Morgan fingerprint density at radius 2 is 1.64 bits per heavy atom. The average Bonchev–Trinajstić information content (AvgIpc) is 2.70. The third kappa shape index (κ3) is 6.01. The molecular weight excluding hydrogens is 359 g/mol. The highest BCUT2D eigenvalue weighted by atomic mass is 19.1. The van der Waals surface area contributed by atoms with Gasteiger partial charge in [0.2, 0.25) is 5.91 Å². The number of pyridine rings is 1. The topological polar surface area (TPSA) is 91.8 Å². The van der Waals surface area contributed by atoms with Crippen molar-refractivity contribution in [3.8, 4) is 0 Å². The minimum Gasteiger partial charge on any atom is -0.367 e. The van der Waals surface area contributed by atoms with E-state index >= 15 is 0 Å². The zero-order chi connectivity index (χ0) is 19.8. The van der Waals surface area contributed by atoms with Gasteiger partial charge >= 0.3 is 0 Å². The van der Waals surface area contributed by atoms with E-state index in [9.17, 15) is 9.18 Å². The van der Waals surface area contributed by atoms with Gasteiger partial charge in [-0.3, -0.25) is 4.79 Å². The van der Waals surface area contributed by atoms with Crippen molar-refractivity contribution in [3.63, 3.8) is 0 Å². The summed E-state index contributed by atoms with van der Waals surface area (Å²) in [6.45, 7) is 2.92. The van der Waals surface area contributed by atoms with Crippen molar-refractivity contribution in [1.29, 1.82) is 0 Å². The fraction of sp³-hybridized carbons (Fsp3) is 0.200. The van der Waals surface area contributed by atoms with Crippen molar-refractivity contribution < 1.29 is 9.18 Å². The maximum absolute atomic E-state index is 12.9. The zero-order valence-electron chi connectivity index (χ0n) is 15.4. The molecule has 3 aromatic rings. The molecule has 0 bridgehead atoms. The van der Waals surface area contributed by atoms with Gasteiger partial charge in [-0.2, -0.15) is 0 Å². The Morgan fingerprint density at radius 3 is 2.32 bits per heavy atom. The van der Waals surface area contributed by atoms with Gasteiger partial charge in [-0.1, -0.05) is 18.2 Å². The quantitative estimate of drug-likeness (QED) is 0.521. The van der Waals surface area contributed by atoms with Gasteiger partial charge in [-0.05, 0) is 48.4 Å². The average molecular weight is 380 g/mol. The Kier molecular flexibility index (Phi) is 6.46. The van der Waals surface area contributed by atoms with E-state index in [0.717, 1.165) is 11.1 Å². The lowest BCUT2D eigenvalue weighted by molar-refractivity contribution is -0.120. The Bertz CT molecular complexity index is 897. The second kappa shape index (κ2) is 9.40. The number of aromatic nitrogens is 3. The van der Waals surface area contributed by atoms with E-state index < -0.39 is 0 Å². The van der Waals surface area contributed by atoms with Crippen LogP contribution in [-0.4, -0.2) is 34.2 Å². The van der Waals surface area contributed by atoms with Gasteiger partial charge in [0.1, 0.15) is 17.5 Å². The van der Waals surface area contributed by atoms with Crippen LogP contribution < -0.4 is 16.0 Å². The Hall–Kier alpha value is -3.55. The number of benzene rings is 1. The lowest BCUT2D eigenvalue weighted by Crippen LogP contribution is -2.30. The highest BCUT2D eigenvalue weighted by Gasteiger charge is 2.04. The Labute approximate surface area is 162 Å². The number of anilines is 3. The van der Waals surface area contributed by atoms with Crippen molar-refractivity contribution >= 4 is 23.4 Å². The number of hydrogen-bond acceptors (Lipinski definition) is 6. The summed E-state index contributed by atoms with van der Waals surface area (Å²) in [5.74, 6) is 1.46. The molecule has 3 N–H and O–H groups in total. The van der Waals surface area contributed by atoms with E-state index in [1.165, 1.54) is 12.1 Å². The van der Waals surface area contributed by atoms with Gasteiger partial charge < -0.3 is 16.0 Å². The molecule has 2 heterocycles. The Balaban J connectivity index is 1.38. The maximum atomic E-state index is 12.9. The molecule has 0 saturated heterocycles. The molecule has 0 aliphatic carbocycles. The summed E-state index contributed by atoms with van der Waals surface area (Å²) in [7, 11) is 0. The number of rotatable bonds is 8. The molecule has 3 rings (SSSR count). The van der Waals surface area contributed by atoms with Crippen LogP contribution in [0.3, 0.4) is 0 Å². The summed E-state index contributed by atoms with van der Waals surface area (Å²) in [4.78, 5) is 16.1. The lowest BCUT2D eigenvalue weighted by Gasteiger charge is -2.08. The van der Waals surface area contributed by atoms with Crippen molar-refractivity contribution in [2.75, 3.05) is 23.7 Å². The van der Waals surface area contributed by atoms with Crippen LogP contribution in [0.1, 0.15) is 11.1 Å². The first-order valence-electron chi connectivity index (χ1n) is 8.87. The second-order valence-corrected chi connectivity index (χ2v) is 6.23. The smallest absolute Gasteiger partial charge is 0.224 e. The third-order valence-electron chi connectivity index (χ3n) is 3.86. The third-order valence-corrected chi connectivity index (χ3v) is 3.86. The van der Waals surface area contributed by atoms with Gasteiger partial charge in [0, 0.05) is 19.3 Å². The fourth-order valence-corrected chi connectivity index (χ4v) is 2.41. The largest absolute Gasteiger partial charge is 0.367 e. The molecule has 0 atom stereocenters. The van der Waals surface area contributed by atoms with Crippen molar-refractivity contribution in [1.82, 2.24) is 20.5 Å². The maximum Gasteiger partial charge on any atom is 0.224 e. The zero-order valence-corrected chi connectivity index (χ0v) is 15.4. The highest BCUT2D eigenvalue weighted by Crippen LogP contribution is 2.12. The number of nitrogens with one attached hydrogen (secondary N) is 3. The number of nitrogens with zero attached hydrogens (tertiary/aromatic N) is 3. The standard InChI is InChI=1S/C20H21FN6O/c1-14-2-7-17(24-13-14)25-19-9-8-18(26-27-19)22-10-11-23-20(28)12-15-3-5-16(21)6-4-15/h2-9,13H,10-12H2,1H3,(H,22,26)(H,23,28)(H,24,25,27). The van der Waals surface area contributed by atoms with E-state index in [4.69, 9.17) is 0 Å². The van der Waals surface area contributed by atoms with Crippen LogP contribution in [0.15, 0.2) is 54.7 Å². The molecule has 7 nitrogen and oxygen atoms in total. The molecule has 0 radical (unpaired) electrons. The van der Waals surface area contributed by atoms with E-state index in [1.807, 2.05) is 19.1 Å². The van der Waals surface area contributed by atoms with E-state index in [-0.39, 0.29) is 18.1 Å². The second-order valence-electron chi connectivity index (χ2n) is 6.23. The summed E-state index contributed by atoms with van der Waals surface area (Å²) >= 11 is 0. The minimum absolute atomic E-state index is 0.121. The number of carbonyl (C=O) groups is 1. The van der Waals surface area contributed by atoms with Crippen LogP contribution in [0.25, 0.3) is 0 Å². The molecule has 0 fully saturated rings. The van der Waals surface area contributed by atoms with Crippen molar-refractivity contribution in [3.05, 3.63) is 71.7 Å². The predicted octanol–water partition coefficient (Wildman–Crippen LogP) is 2.83. The molecular formula is C20H21FN6O. The van der Waals surface area contributed by atoms with Crippen LogP contribution in [0.4, 0.5) is 21.8 Å². The summed E-state index contributed by atoms with van der Waals surface area (Å²) in [6.07, 6.45) is 1.99. The highest BCUT2D eigenvalue weighted by molar-refractivity contribution is 5.78. The number of halogens is 1. The fourth-order valence-electron chi connectivity index (χ4n) is 2.41. The normalized spacial score (nSPS) is 10.4. The molecule has 0 unspecified atom stereocenters. The molecule has 0 aliphatic heterocycles. The van der Waals surface area contributed by atoms with Crippen LogP contribution in [0.2, 0.25) is 0 Å². The first-order valence-corrected chi connectivity index (χ1v) is 8.87. The van der Waals surface area contributed by atoms with E-state index in [0.29, 0.717) is 30.5 Å². The summed E-state index contributed by atoms with van der Waals surface area (Å²) in [5.41, 5.74) is 1.85. The van der Waals surface area contributed by atoms with E-state index in [1.54, 1.807) is 30.5 Å². The number of hydrogen-bond donors (Lipinski definition) is 3. The van der Waals surface area contributed by atoms with Gasteiger partial charge in [-0.15, -0.1) is 10.2 Å². The van der Waals surface area contributed by atoms with Gasteiger partial charge in [0.25, 0.3) is 0 Å². The molecule has 1 aromatic carbocycles. The molecule has 28 heavy (non-hydrogen) atoms. The van der Waals surface area contributed by atoms with Crippen LogP contribution in [0, 0.1) is 12.7 Å². The molecule has 0 spiro atoms. The summed E-state index contributed by atoms with van der Waals surface area (Å²) < 4.78 is 12.9. The summed E-state index contributed by atoms with van der Waals surface area (Å²) in [5, 5.41) is 17.1. The molecule has 8 heteroatoms. The first kappa shape index (κ1) is 19.2. The molecule has 144 valence electrons. The molecule has 2 aromatic heterocycles. The molecule has 0 saturated carbocycles. The van der Waals surface area contributed by atoms with Crippen LogP contribution in [0.5, 0.6) is 0 Å². The Morgan fingerprint density at radius 1 is 0.929 bits per heavy atom. The predicted molar refractivity (Wildman–Crippen MR) is 106 cm³/mol. The number of amides is 1. The summed E-state index contributed by atoms with van der Waals surface area (Å²) in [6, 6.07) is 13.3. The number of carbonyl (C=O) groups excluding carboxylic acids is 1. The van der Waals surface area contributed by atoms with Gasteiger partial charge in [0.15, 0.2) is 5.82 Å². The molecule has 1 amide bonds. The monoisotopic (exact) mass is 380 g/mol. The van der Waals surface area contributed by atoms with Crippen LogP contribution >= 0.6 is 0 Å². The number of aryl methyl sites for hydroxylation is 1. The lowest BCUT2D eigenvalue weighted by atomic mass is 10.1. The van der Waals surface area contributed by atoms with Crippen LogP contribution in [-0.2, 0) is 11.2 Å². The SMILES string of the molecule is Cc1ccc(Nc2ccc(NCCNC(=O)Cc3ccc(F)cc3)nn2)nc1. The van der Waals surface area contributed by atoms with Gasteiger partial charge in [-0.25, -0.2) is 9.37 Å². The first-order chi connectivity index (χ1) is 13.6. The van der Waals surface area contributed by atoms with Crippen molar-refractivity contribution in [2.24, 2.45) is 0 Å².